The Hall–Kier alpha value is -3.83. The molecule has 0 bridgehead atoms. The molecule has 0 amide bonds. The molecular formula is C25H24F6O6. The van der Waals surface area contributed by atoms with E-state index in [0.29, 0.717) is 30.4 Å². The summed E-state index contributed by atoms with van der Waals surface area (Å²) in [5.74, 6) is -3.40. The number of alkyl halides is 6. The van der Waals surface area contributed by atoms with Gasteiger partial charge in [0.15, 0.2) is 23.0 Å². The second-order valence-corrected chi connectivity index (χ2v) is 7.81. The number of hydrogen-bond donors (Lipinski definition) is 2. The van der Waals surface area contributed by atoms with E-state index in [4.69, 9.17) is 0 Å². The van der Waals surface area contributed by atoms with Crippen LogP contribution in [0.2, 0.25) is 0 Å². The van der Waals surface area contributed by atoms with Crippen molar-refractivity contribution < 1.29 is 55.6 Å². The number of methoxy groups -OCH3 is 1. The molecule has 0 aliphatic rings. The lowest BCUT2D eigenvalue weighted by atomic mass is 9.94. The van der Waals surface area contributed by atoms with Gasteiger partial charge in [0.05, 0.1) is 7.11 Å². The zero-order valence-electron chi connectivity index (χ0n) is 19.5. The molecule has 202 valence electrons. The van der Waals surface area contributed by atoms with E-state index in [1.807, 2.05) is 0 Å². The monoisotopic (exact) mass is 534 g/mol. The maximum Gasteiger partial charge on any atom is 0.573 e. The SMILES string of the molecule is COC(=O)CCC(CC=Cc1ccc(O)c(OC(F)(F)F)c1)CC=Cc1ccc(O)c(OC(F)(F)F)c1. The summed E-state index contributed by atoms with van der Waals surface area (Å²) in [6.07, 6.45) is -2.23. The van der Waals surface area contributed by atoms with Crippen molar-refractivity contribution in [3.05, 3.63) is 59.7 Å². The van der Waals surface area contributed by atoms with Crippen molar-refractivity contribution in [2.75, 3.05) is 7.11 Å². The molecular weight excluding hydrogens is 510 g/mol. The summed E-state index contributed by atoms with van der Waals surface area (Å²) in [5.41, 5.74) is 0.668. The number of phenolic OH excluding ortho intramolecular Hbond substituents is 2. The van der Waals surface area contributed by atoms with Gasteiger partial charge in [0, 0.05) is 6.42 Å². The Morgan fingerprint density at radius 1 is 0.838 bits per heavy atom. The van der Waals surface area contributed by atoms with Crippen LogP contribution in [0.15, 0.2) is 48.6 Å². The van der Waals surface area contributed by atoms with Crippen LogP contribution in [0.5, 0.6) is 23.0 Å². The molecule has 0 aliphatic carbocycles. The molecule has 2 N–H and O–H groups in total. The number of ether oxygens (including phenoxy) is 3. The van der Waals surface area contributed by atoms with Crippen molar-refractivity contribution in [1.82, 2.24) is 0 Å². The van der Waals surface area contributed by atoms with E-state index >= 15 is 0 Å². The van der Waals surface area contributed by atoms with Gasteiger partial charge in [-0.2, -0.15) is 0 Å². The molecule has 2 rings (SSSR count). The first-order chi connectivity index (χ1) is 17.3. The fraction of sp³-hybridized carbons (Fsp3) is 0.320. The highest BCUT2D eigenvalue weighted by Gasteiger charge is 2.33. The minimum Gasteiger partial charge on any atom is -0.504 e. The Balaban J connectivity index is 2.10. The Morgan fingerprint density at radius 2 is 1.27 bits per heavy atom. The Morgan fingerprint density at radius 3 is 1.65 bits per heavy atom. The summed E-state index contributed by atoms with van der Waals surface area (Å²) in [6, 6.07) is 6.95. The predicted octanol–water partition coefficient (Wildman–Crippen LogP) is 6.97. The van der Waals surface area contributed by atoms with Crippen LogP contribution in [0, 0.1) is 5.92 Å². The van der Waals surface area contributed by atoms with Crippen LogP contribution < -0.4 is 9.47 Å². The van der Waals surface area contributed by atoms with E-state index in [9.17, 15) is 41.4 Å². The van der Waals surface area contributed by atoms with Gasteiger partial charge >= 0.3 is 18.7 Å². The fourth-order valence-electron chi connectivity index (χ4n) is 3.23. The second-order valence-electron chi connectivity index (χ2n) is 7.81. The predicted molar refractivity (Wildman–Crippen MR) is 122 cm³/mol. The third-order valence-corrected chi connectivity index (χ3v) is 4.96. The standard InChI is InChI=1S/C25H24F6O6/c1-35-23(34)13-10-16(4-2-6-17-8-11-19(32)21(14-17)36-24(26,27)28)5-3-7-18-9-12-20(33)22(15-18)37-25(29,30)31/h2-3,6-9,11-12,14-16,32-33H,4-5,10,13H2,1H3. The van der Waals surface area contributed by atoms with Crippen molar-refractivity contribution in [3.8, 4) is 23.0 Å². The van der Waals surface area contributed by atoms with Crippen molar-refractivity contribution >= 4 is 18.1 Å². The summed E-state index contributed by atoms with van der Waals surface area (Å²) >= 11 is 0. The van der Waals surface area contributed by atoms with E-state index < -0.39 is 41.7 Å². The topological polar surface area (TPSA) is 85.2 Å². The smallest absolute Gasteiger partial charge is 0.504 e. The van der Waals surface area contributed by atoms with Gasteiger partial charge in [-0.25, -0.2) is 0 Å². The number of benzene rings is 2. The molecule has 0 aliphatic heterocycles. The number of halogens is 6. The van der Waals surface area contributed by atoms with Gasteiger partial charge in [-0.3, -0.25) is 4.79 Å². The lowest BCUT2D eigenvalue weighted by Gasteiger charge is -2.13. The molecule has 0 atom stereocenters. The molecule has 12 heteroatoms. The third-order valence-electron chi connectivity index (χ3n) is 4.96. The molecule has 0 radical (unpaired) electrons. The molecule has 2 aromatic rings. The van der Waals surface area contributed by atoms with Crippen LogP contribution in [0.3, 0.4) is 0 Å². The zero-order chi connectivity index (χ0) is 27.6. The molecule has 0 heterocycles. The van der Waals surface area contributed by atoms with Crippen molar-refractivity contribution in [2.24, 2.45) is 5.92 Å². The van der Waals surface area contributed by atoms with Crippen LogP contribution in [0.25, 0.3) is 12.2 Å². The number of carbonyl (C=O) groups is 1. The summed E-state index contributed by atoms with van der Waals surface area (Å²) in [7, 11) is 1.24. The molecule has 0 unspecified atom stereocenters. The second kappa shape index (κ2) is 12.9. The van der Waals surface area contributed by atoms with Crippen LogP contribution in [-0.2, 0) is 9.53 Å². The Labute approximate surface area is 208 Å². The average Bonchev–Trinajstić information content (AvgIpc) is 2.79. The highest BCUT2D eigenvalue weighted by Crippen LogP contribution is 2.34. The minimum absolute atomic E-state index is 0.106. The number of hydrogen-bond acceptors (Lipinski definition) is 6. The summed E-state index contributed by atoms with van der Waals surface area (Å²) < 4.78 is 87.1. The van der Waals surface area contributed by atoms with Crippen molar-refractivity contribution in [3.63, 3.8) is 0 Å². The molecule has 0 fully saturated rings. The first kappa shape index (κ1) is 29.4. The van der Waals surface area contributed by atoms with E-state index in [1.54, 1.807) is 12.2 Å². The first-order valence-electron chi connectivity index (χ1n) is 10.8. The average molecular weight is 534 g/mol. The minimum atomic E-state index is -4.97. The fourth-order valence-corrected chi connectivity index (χ4v) is 3.23. The van der Waals surface area contributed by atoms with Crippen LogP contribution in [0.4, 0.5) is 26.3 Å². The highest BCUT2D eigenvalue weighted by atomic mass is 19.4. The number of aromatic hydroxyl groups is 2. The summed E-state index contributed by atoms with van der Waals surface area (Å²) in [5, 5.41) is 19.1. The number of rotatable bonds is 11. The quantitative estimate of drug-likeness (QED) is 0.239. The van der Waals surface area contributed by atoms with E-state index in [2.05, 4.69) is 14.2 Å². The van der Waals surface area contributed by atoms with Gasteiger partial charge in [0.2, 0.25) is 0 Å². The van der Waals surface area contributed by atoms with Gasteiger partial charge in [0.1, 0.15) is 0 Å². The molecule has 6 nitrogen and oxygen atoms in total. The molecule has 0 saturated heterocycles. The molecule has 0 saturated carbocycles. The Kier molecular flexibility index (Phi) is 10.3. The van der Waals surface area contributed by atoms with Crippen molar-refractivity contribution in [2.45, 2.75) is 38.4 Å². The molecule has 37 heavy (non-hydrogen) atoms. The van der Waals surface area contributed by atoms with Gasteiger partial charge in [-0.15, -0.1) is 26.3 Å². The molecule has 0 spiro atoms. The highest BCUT2D eigenvalue weighted by molar-refractivity contribution is 5.69. The lowest BCUT2D eigenvalue weighted by molar-refractivity contribution is -0.276. The number of phenols is 2. The lowest BCUT2D eigenvalue weighted by Crippen LogP contribution is -2.17. The van der Waals surface area contributed by atoms with Gasteiger partial charge < -0.3 is 24.4 Å². The third kappa shape index (κ3) is 11.2. The largest absolute Gasteiger partial charge is 0.573 e. The molecule has 0 aromatic heterocycles. The molecule has 2 aromatic carbocycles. The van der Waals surface area contributed by atoms with E-state index in [1.165, 1.54) is 31.4 Å². The van der Waals surface area contributed by atoms with Gasteiger partial charge in [-0.1, -0.05) is 36.4 Å². The zero-order valence-corrected chi connectivity index (χ0v) is 19.5. The van der Waals surface area contributed by atoms with E-state index in [-0.39, 0.29) is 12.3 Å². The Bertz CT molecular complexity index is 1030. The van der Waals surface area contributed by atoms with Gasteiger partial charge in [0.25, 0.3) is 0 Å². The number of esters is 1. The number of allylic oxidation sites excluding steroid dienone is 2. The first-order valence-corrected chi connectivity index (χ1v) is 10.8. The van der Waals surface area contributed by atoms with Crippen LogP contribution in [0.1, 0.15) is 36.8 Å². The van der Waals surface area contributed by atoms with E-state index in [0.717, 1.165) is 24.3 Å². The van der Waals surface area contributed by atoms with Crippen LogP contribution >= 0.6 is 0 Å². The number of carbonyl (C=O) groups excluding carboxylic acids is 1. The maximum atomic E-state index is 12.5. The summed E-state index contributed by atoms with van der Waals surface area (Å²) in [6.45, 7) is 0. The van der Waals surface area contributed by atoms with Crippen molar-refractivity contribution in [1.29, 1.82) is 0 Å². The summed E-state index contributed by atoms with van der Waals surface area (Å²) in [4.78, 5) is 11.6. The van der Waals surface area contributed by atoms with Gasteiger partial charge in [-0.05, 0) is 60.6 Å². The van der Waals surface area contributed by atoms with Crippen LogP contribution in [-0.4, -0.2) is 36.0 Å². The normalized spacial score (nSPS) is 13.2. The maximum absolute atomic E-state index is 12.5.